The summed E-state index contributed by atoms with van der Waals surface area (Å²) >= 11 is 0. The number of hydrogen-bond donors (Lipinski definition) is 4. The number of nitrogens with one attached hydrogen (secondary N) is 2. The molecule has 4 aliphatic carbocycles. The lowest BCUT2D eigenvalue weighted by atomic mass is 9.48. The van der Waals surface area contributed by atoms with Crippen molar-refractivity contribution >= 4 is 17.7 Å². The van der Waals surface area contributed by atoms with Crippen LogP contribution in [0.5, 0.6) is 5.75 Å². The van der Waals surface area contributed by atoms with Crippen LogP contribution < -0.4 is 26.8 Å². The van der Waals surface area contributed by atoms with Gasteiger partial charge in [-0.15, -0.1) is 0 Å². The maximum atomic E-state index is 11.1. The van der Waals surface area contributed by atoms with Gasteiger partial charge in [-0.3, -0.25) is 4.79 Å². The van der Waals surface area contributed by atoms with Crippen molar-refractivity contribution in [1.29, 1.82) is 5.26 Å². The van der Waals surface area contributed by atoms with Gasteiger partial charge < -0.3 is 26.8 Å². The molecule has 9 heteroatoms. The third-order valence-corrected chi connectivity index (χ3v) is 7.79. The Morgan fingerprint density at radius 2 is 1.97 bits per heavy atom. The van der Waals surface area contributed by atoms with Crippen LogP contribution in [-0.4, -0.2) is 35.1 Å². The van der Waals surface area contributed by atoms with Crippen molar-refractivity contribution in [3.8, 4) is 11.8 Å². The number of hydrogen-bond acceptors (Lipinski definition) is 8. The lowest BCUT2D eigenvalue weighted by Crippen LogP contribution is -2.58. The molecule has 1 heterocycles. The number of nitriles is 1. The Kier molecular flexibility index (Phi) is 6.00. The Labute approximate surface area is 199 Å². The van der Waals surface area contributed by atoms with Gasteiger partial charge in [-0.25, -0.2) is 4.98 Å². The first-order valence-corrected chi connectivity index (χ1v) is 11.9. The van der Waals surface area contributed by atoms with E-state index in [4.69, 9.17) is 16.2 Å². The van der Waals surface area contributed by atoms with Crippen LogP contribution in [0.4, 0.5) is 11.8 Å². The van der Waals surface area contributed by atoms with Crippen LogP contribution in [0.1, 0.15) is 43.2 Å². The summed E-state index contributed by atoms with van der Waals surface area (Å²) in [7, 11) is 0. The largest absolute Gasteiger partial charge is 0.483 e. The smallest absolute Gasteiger partial charge is 0.255 e. The molecular weight excluding hydrogens is 430 g/mol. The predicted molar refractivity (Wildman–Crippen MR) is 128 cm³/mol. The number of anilines is 2. The molecule has 4 aliphatic rings. The van der Waals surface area contributed by atoms with Gasteiger partial charge in [0.2, 0.25) is 5.95 Å². The summed E-state index contributed by atoms with van der Waals surface area (Å²) in [6, 6.07) is 9.94. The topological polar surface area (TPSA) is 152 Å². The average Bonchev–Trinajstić information content (AvgIpc) is 2.83. The van der Waals surface area contributed by atoms with E-state index in [2.05, 4.69) is 26.7 Å². The van der Waals surface area contributed by atoms with Crippen LogP contribution in [-0.2, 0) is 11.3 Å². The molecule has 1 unspecified atom stereocenters. The number of nitrogens with zero attached hydrogens (tertiary/aromatic N) is 3. The van der Waals surface area contributed by atoms with Gasteiger partial charge in [-0.2, -0.15) is 10.2 Å². The Hall–Kier alpha value is -3.38. The van der Waals surface area contributed by atoms with Gasteiger partial charge in [0.05, 0.1) is 6.20 Å². The molecule has 0 spiro atoms. The molecule has 1 aromatic carbocycles. The number of nitrogens with two attached hydrogens (primary N) is 2. The van der Waals surface area contributed by atoms with Crippen molar-refractivity contribution in [2.45, 2.75) is 44.7 Å². The zero-order valence-electron chi connectivity index (χ0n) is 19.2. The lowest BCUT2D eigenvalue weighted by molar-refractivity contribution is -0.119. The minimum Gasteiger partial charge on any atom is -0.483 e. The van der Waals surface area contributed by atoms with Gasteiger partial charge in [-0.05, 0) is 61.3 Å². The molecule has 178 valence electrons. The van der Waals surface area contributed by atoms with Gasteiger partial charge >= 0.3 is 0 Å². The maximum absolute atomic E-state index is 11.1. The standard InChI is InChI=1S/C25H31N7O2/c26-10-19-12-30-24(29-11-16-3-1-2-4-20(16)34-13-21(27)33)32-23(19)31-14-25-7-15-5-17(8-25)22(28)18(6-15)9-25/h1-4,12,15,17-18,22H,5-9,11,13-14,28H2,(H2,27,33)(H2,29,30,31,32)/t15?,17-,18+,22-,25-. The fourth-order valence-electron chi connectivity index (χ4n) is 6.52. The molecule has 4 bridgehead atoms. The van der Waals surface area contributed by atoms with Crippen molar-refractivity contribution in [3.05, 3.63) is 41.6 Å². The van der Waals surface area contributed by atoms with Gasteiger partial charge in [-0.1, -0.05) is 18.2 Å². The van der Waals surface area contributed by atoms with Crippen molar-refractivity contribution < 1.29 is 9.53 Å². The molecule has 4 saturated carbocycles. The summed E-state index contributed by atoms with van der Waals surface area (Å²) in [4.78, 5) is 20.0. The summed E-state index contributed by atoms with van der Waals surface area (Å²) in [5.41, 5.74) is 13.2. The Morgan fingerprint density at radius 3 is 2.71 bits per heavy atom. The number of carbonyl (C=O) groups is 1. The Morgan fingerprint density at radius 1 is 1.21 bits per heavy atom. The second-order valence-corrected chi connectivity index (χ2v) is 10.2. The van der Waals surface area contributed by atoms with Gasteiger partial charge in [0, 0.05) is 24.7 Å². The molecule has 0 aliphatic heterocycles. The van der Waals surface area contributed by atoms with Crippen LogP contribution in [0.2, 0.25) is 0 Å². The fourth-order valence-corrected chi connectivity index (χ4v) is 6.52. The van der Waals surface area contributed by atoms with Crippen molar-refractivity contribution in [2.75, 3.05) is 23.8 Å². The molecule has 5 atom stereocenters. The summed E-state index contributed by atoms with van der Waals surface area (Å²) in [6.45, 7) is 1.01. The van der Waals surface area contributed by atoms with Crippen LogP contribution in [0.15, 0.2) is 30.5 Å². The molecule has 1 amide bonds. The van der Waals surface area contributed by atoms with Gasteiger partial charge in [0.25, 0.3) is 5.91 Å². The highest BCUT2D eigenvalue weighted by Crippen LogP contribution is 2.59. The van der Waals surface area contributed by atoms with E-state index in [0.717, 1.165) is 30.9 Å². The summed E-state index contributed by atoms with van der Waals surface area (Å²) in [6.07, 6.45) is 7.65. The van der Waals surface area contributed by atoms with Crippen molar-refractivity contribution in [1.82, 2.24) is 9.97 Å². The molecule has 4 fully saturated rings. The zero-order valence-corrected chi connectivity index (χ0v) is 19.2. The maximum Gasteiger partial charge on any atom is 0.255 e. The number of rotatable bonds is 9. The first kappa shape index (κ1) is 22.4. The number of aromatic nitrogens is 2. The first-order valence-electron chi connectivity index (χ1n) is 11.9. The number of ether oxygens (including phenoxy) is 1. The van der Waals surface area contributed by atoms with E-state index in [1.165, 1.54) is 19.3 Å². The second kappa shape index (κ2) is 9.11. The average molecular weight is 462 g/mol. The SMILES string of the molecule is N#Cc1cnc(NCc2ccccc2OCC(N)=O)nc1NC[C@]12CC3C[C@H](C1)[C@@H](N)[C@@H](C3)C2. The molecule has 6 N–H and O–H groups in total. The second-order valence-electron chi connectivity index (χ2n) is 10.2. The molecule has 0 radical (unpaired) electrons. The Bertz CT molecular complexity index is 1100. The van der Waals surface area contributed by atoms with Crippen LogP contribution in [0.3, 0.4) is 0 Å². The van der Waals surface area contributed by atoms with E-state index in [1.54, 1.807) is 12.3 Å². The van der Waals surface area contributed by atoms with Crippen molar-refractivity contribution in [2.24, 2.45) is 34.6 Å². The summed E-state index contributed by atoms with van der Waals surface area (Å²) in [5.74, 6) is 3.05. The van der Waals surface area contributed by atoms with E-state index in [0.29, 0.717) is 47.5 Å². The predicted octanol–water partition coefficient (Wildman–Crippen LogP) is 2.39. The zero-order chi connectivity index (χ0) is 23.7. The third-order valence-electron chi connectivity index (χ3n) is 7.79. The number of benzene rings is 1. The normalized spacial score (nSPS) is 28.8. The van der Waals surface area contributed by atoms with Crippen molar-refractivity contribution in [3.63, 3.8) is 0 Å². The number of para-hydroxylation sites is 1. The van der Waals surface area contributed by atoms with Crippen LogP contribution in [0, 0.1) is 34.5 Å². The molecule has 6 rings (SSSR count). The highest BCUT2D eigenvalue weighted by molar-refractivity contribution is 5.75. The van der Waals surface area contributed by atoms with E-state index in [9.17, 15) is 10.1 Å². The molecule has 9 nitrogen and oxygen atoms in total. The first-order chi connectivity index (χ1) is 16.4. The highest BCUT2D eigenvalue weighted by atomic mass is 16.5. The Balaban J connectivity index is 1.26. The lowest BCUT2D eigenvalue weighted by Gasteiger charge is -2.59. The fraction of sp³-hybridized carbons (Fsp3) is 0.520. The quantitative estimate of drug-likeness (QED) is 0.444. The minimum absolute atomic E-state index is 0.187. The molecule has 2 aromatic rings. The number of amides is 1. The minimum atomic E-state index is -0.532. The summed E-state index contributed by atoms with van der Waals surface area (Å²) < 4.78 is 5.49. The molecule has 1 aromatic heterocycles. The van der Waals surface area contributed by atoms with E-state index >= 15 is 0 Å². The van der Waals surface area contributed by atoms with Gasteiger partial charge in [0.1, 0.15) is 23.2 Å². The highest BCUT2D eigenvalue weighted by Gasteiger charge is 2.54. The number of carbonyl (C=O) groups excluding carboxylic acids is 1. The molecule has 34 heavy (non-hydrogen) atoms. The van der Waals surface area contributed by atoms with E-state index in [1.807, 2.05) is 18.2 Å². The number of primary amides is 1. The van der Waals surface area contributed by atoms with Gasteiger partial charge in [0.15, 0.2) is 6.61 Å². The van der Waals surface area contributed by atoms with E-state index in [-0.39, 0.29) is 12.0 Å². The summed E-state index contributed by atoms with van der Waals surface area (Å²) in [5, 5.41) is 16.3. The molecular formula is C25H31N7O2. The third kappa shape index (κ3) is 4.50. The van der Waals surface area contributed by atoms with Crippen LogP contribution in [0.25, 0.3) is 0 Å². The monoisotopic (exact) mass is 461 g/mol. The molecule has 0 saturated heterocycles. The van der Waals surface area contributed by atoms with Crippen LogP contribution >= 0.6 is 0 Å². The van der Waals surface area contributed by atoms with E-state index < -0.39 is 5.91 Å².